The quantitative estimate of drug-likeness (QED) is 0.365. The van der Waals surface area contributed by atoms with Crippen molar-refractivity contribution in [3.05, 3.63) is 30.3 Å². The van der Waals surface area contributed by atoms with Crippen LogP contribution in [0.1, 0.15) is 27.7 Å². The summed E-state index contributed by atoms with van der Waals surface area (Å²) in [4.78, 5) is 47.2. The highest BCUT2D eigenvalue weighted by Gasteiger charge is 2.52. The van der Waals surface area contributed by atoms with Crippen molar-refractivity contribution in [2.24, 2.45) is 0 Å². The van der Waals surface area contributed by atoms with Crippen molar-refractivity contribution in [2.45, 2.75) is 62.7 Å². The topological polar surface area (TPSA) is 158 Å². The molecule has 1 fully saturated rings. The Morgan fingerprint density at radius 1 is 0.886 bits per heavy atom. The number of aromatic nitrogens is 4. The second kappa shape index (κ2) is 11.8. The number of para-hydroxylation sites is 1. The molecule has 1 saturated heterocycles. The van der Waals surface area contributed by atoms with Crippen molar-refractivity contribution in [1.82, 2.24) is 20.2 Å². The van der Waals surface area contributed by atoms with E-state index in [1.54, 1.807) is 24.3 Å². The first-order chi connectivity index (χ1) is 16.7. The average molecular weight is 509 g/mol. The molecule has 1 aliphatic rings. The Bertz CT molecular complexity index is 1060. The minimum atomic E-state index is -1.27. The maximum Gasteiger partial charge on any atom is 0.303 e. The summed E-state index contributed by atoms with van der Waals surface area (Å²) in [6, 6.07) is 9.01. The van der Waals surface area contributed by atoms with Gasteiger partial charge in [-0.05, 0) is 34.3 Å². The van der Waals surface area contributed by atoms with Crippen molar-refractivity contribution >= 4 is 35.6 Å². The lowest BCUT2D eigenvalue weighted by atomic mass is 9.99. The molecule has 1 aromatic carbocycles. The first kappa shape index (κ1) is 26.1. The van der Waals surface area contributed by atoms with Crippen LogP contribution in [0.5, 0.6) is 0 Å². The number of benzene rings is 1. The zero-order valence-corrected chi connectivity index (χ0v) is 20.2. The van der Waals surface area contributed by atoms with Crippen LogP contribution >= 0.6 is 11.8 Å². The van der Waals surface area contributed by atoms with Crippen LogP contribution in [0.4, 0.5) is 0 Å². The summed E-state index contributed by atoms with van der Waals surface area (Å²) >= 11 is 0.988. The minimum absolute atomic E-state index is 0.275. The van der Waals surface area contributed by atoms with Gasteiger partial charge in [-0.15, -0.1) is 5.10 Å². The molecule has 0 unspecified atom stereocenters. The van der Waals surface area contributed by atoms with E-state index in [2.05, 4.69) is 15.5 Å². The van der Waals surface area contributed by atoms with E-state index in [-0.39, 0.29) is 11.8 Å². The Labute approximate surface area is 204 Å². The molecule has 0 N–H and O–H groups in total. The monoisotopic (exact) mass is 508 g/mol. The molecule has 3 rings (SSSR count). The third-order valence-electron chi connectivity index (χ3n) is 4.61. The first-order valence-corrected chi connectivity index (χ1v) is 11.3. The Morgan fingerprint density at radius 3 is 2.09 bits per heavy atom. The summed E-state index contributed by atoms with van der Waals surface area (Å²) in [5, 5.41) is 12.0. The Hall–Kier alpha value is -3.52. The summed E-state index contributed by atoms with van der Waals surface area (Å²) in [6.07, 6.45) is -4.78. The summed E-state index contributed by atoms with van der Waals surface area (Å²) in [7, 11) is 0. The second-order valence-electron chi connectivity index (χ2n) is 7.39. The Morgan fingerprint density at radius 2 is 1.49 bits per heavy atom. The lowest BCUT2D eigenvalue weighted by Crippen LogP contribution is -2.61. The maximum absolute atomic E-state index is 12.0. The van der Waals surface area contributed by atoms with Gasteiger partial charge in [0.2, 0.25) is 5.16 Å². The predicted molar refractivity (Wildman–Crippen MR) is 117 cm³/mol. The molecule has 1 aromatic heterocycles. The normalized spacial score (nSPS) is 23.7. The Balaban J connectivity index is 2.00. The molecular weight excluding hydrogens is 484 g/mol. The third kappa shape index (κ3) is 6.99. The molecule has 13 nitrogen and oxygen atoms in total. The number of carbonyl (C=O) groups excluding carboxylic acids is 4. The fourth-order valence-electron chi connectivity index (χ4n) is 3.37. The van der Waals surface area contributed by atoms with Gasteiger partial charge in [0.1, 0.15) is 12.7 Å². The zero-order valence-electron chi connectivity index (χ0n) is 19.4. The van der Waals surface area contributed by atoms with Crippen molar-refractivity contribution in [3.63, 3.8) is 0 Å². The van der Waals surface area contributed by atoms with E-state index in [1.165, 1.54) is 18.5 Å². The van der Waals surface area contributed by atoms with Gasteiger partial charge in [0.05, 0.1) is 5.69 Å². The lowest BCUT2D eigenvalue weighted by Gasteiger charge is -2.43. The molecule has 0 saturated carbocycles. The van der Waals surface area contributed by atoms with Crippen molar-refractivity contribution in [1.29, 1.82) is 0 Å². The first-order valence-electron chi connectivity index (χ1n) is 10.5. The summed E-state index contributed by atoms with van der Waals surface area (Å²) < 4.78 is 28.8. The molecule has 35 heavy (non-hydrogen) atoms. The number of carbonyl (C=O) groups is 4. The van der Waals surface area contributed by atoms with Crippen molar-refractivity contribution in [3.8, 4) is 5.69 Å². The van der Waals surface area contributed by atoms with Gasteiger partial charge in [0.15, 0.2) is 23.7 Å². The standard InChI is InChI=1S/C21H24N4O9S/c1-11(26)30-10-16-17(31-12(2)27)18(32-13(3)28)19(33-14(4)29)20(34-16)35-21-22-23-24-25(21)15-8-6-5-7-9-15/h5-9,16-20H,10H2,1-4H3/t16-,17-,18+,19-,20+/m1/s1. The molecule has 188 valence electrons. The van der Waals surface area contributed by atoms with Gasteiger partial charge in [0.25, 0.3) is 0 Å². The molecule has 0 aliphatic carbocycles. The molecule has 5 atom stereocenters. The van der Waals surface area contributed by atoms with Gasteiger partial charge in [-0.2, -0.15) is 4.68 Å². The number of hydrogen-bond donors (Lipinski definition) is 0. The van der Waals surface area contributed by atoms with Crippen molar-refractivity contribution in [2.75, 3.05) is 6.61 Å². The van der Waals surface area contributed by atoms with Gasteiger partial charge in [-0.3, -0.25) is 19.2 Å². The summed E-state index contributed by atoms with van der Waals surface area (Å²) in [5.41, 5.74) is -0.380. The molecule has 1 aliphatic heterocycles. The van der Waals surface area contributed by atoms with E-state index < -0.39 is 53.7 Å². The molecule has 0 bridgehead atoms. The fraction of sp³-hybridized carbons (Fsp3) is 0.476. The van der Waals surface area contributed by atoms with Crippen molar-refractivity contribution < 1.29 is 42.9 Å². The SMILES string of the molecule is CC(=O)OC[C@H]1O[C@@H](Sc2nnnn2-c2ccccc2)[C@H](OC(C)=O)[C@@H](OC(C)=O)[C@@H]1OC(C)=O. The van der Waals surface area contributed by atoms with Crippen LogP contribution in [0.25, 0.3) is 5.69 Å². The number of rotatable bonds is 8. The van der Waals surface area contributed by atoms with Crippen LogP contribution in [-0.4, -0.2) is 80.5 Å². The van der Waals surface area contributed by atoms with Crippen LogP contribution in [0.15, 0.2) is 35.5 Å². The highest BCUT2D eigenvalue weighted by molar-refractivity contribution is 7.99. The molecule has 0 spiro atoms. The fourth-order valence-corrected chi connectivity index (χ4v) is 4.45. The predicted octanol–water partition coefficient (Wildman–Crippen LogP) is 0.837. The number of hydrogen-bond acceptors (Lipinski definition) is 13. The van der Waals surface area contributed by atoms with E-state index in [0.29, 0.717) is 5.69 Å². The number of nitrogens with zero attached hydrogens (tertiary/aromatic N) is 4. The third-order valence-corrected chi connectivity index (χ3v) is 5.69. The van der Waals surface area contributed by atoms with Crippen LogP contribution in [0.3, 0.4) is 0 Å². The summed E-state index contributed by atoms with van der Waals surface area (Å²) in [5.74, 6) is -2.71. The number of thioether (sulfide) groups is 1. The van der Waals surface area contributed by atoms with Gasteiger partial charge in [-0.25, -0.2) is 0 Å². The molecule has 14 heteroatoms. The van der Waals surface area contributed by atoms with E-state index in [4.69, 9.17) is 23.7 Å². The van der Waals surface area contributed by atoms with Gasteiger partial charge < -0.3 is 23.7 Å². The van der Waals surface area contributed by atoms with Crippen LogP contribution in [0.2, 0.25) is 0 Å². The van der Waals surface area contributed by atoms with Gasteiger partial charge in [-0.1, -0.05) is 18.2 Å². The van der Waals surface area contributed by atoms with Gasteiger partial charge >= 0.3 is 23.9 Å². The molecule has 2 aromatic rings. The second-order valence-corrected chi connectivity index (χ2v) is 8.46. The number of esters is 4. The Kier molecular flexibility index (Phi) is 8.76. The number of tetrazole rings is 1. The number of ether oxygens (including phenoxy) is 5. The van der Waals surface area contributed by atoms with E-state index in [9.17, 15) is 19.2 Å². The largest absolute Gasteiger partial charge is 0.463 e. The van der Waals surface area contributed by atoms with E-state index >= 15 is 0 Å². The highest BCUT2D eigenvalue weighted by atomic mass is 32.2. The van der Waals surface area contributed by atoms with E-state index in [1.807, 2.05) is 6.07 Å². The van der Waals surface area contributed by atoms with Gasteiger partial charge in [0, 0.05) is 27.7 Å². The van der Waals surface area contributed by atoms with Crippen LogP contribution < -0.4 is 0 Å². The highest BCUT2D eigenvalue weighted by Crippen LogP contribution is 2.37. The molecule has 2 heterocycles. The molecule has 0 amide bonds. The van der Waals surface area contributed by atoms with Crippen LogP contribution in [-0.2, 0) is 42.9 Å². The maximum atomic E-state index is 12.0. The van der Waals surface area contributed by atoms with Crippen LogP contribution in [0, 0.1) is 0 Å². The lowest BCUT2D eigenvalue weighted by molar-refractivity contribution is -0.237. The molecule has 0 radical (unpaired) electrons. The summed E-state index contributed by atoms with van der Waals surface area (Å²) in [6.45, 7) is 4.37. The molecular formula is C21H24N4O9S. The minimum Gasteiger partial charge on any atom is -0.463 e. The van der Waals surface area contributed by atoms with E-state index in [0.717, 1.165) is 25.6 Å². The average Bonchev–Trinajstić information content (AvgIpc) is 3.24. The zero-order chi connectivity index (χ0) is 25.5. The smallest absolute Gasteiger partial charge is 0.303 e.